The third kappa shape index (κ3) is 3.41. The molecule has 2 N–H and O–H groups in total. The molecule has 2 amide bonds. The predicted octanol–water partition coefficient (Wildman–Crippen LogP) is 1.82. The smallest absolute Gasteiger partial charge is 0.411 e. The number of fused-ring (bicyclic) bond motifs is 1. The Kier molecular flexibility index (Phi) is 3.96. The van der Waals surface area contributed by atoms with E-state index >= 15 is 0 Å². The number of nitrogens with zero attached hydrogens (tertiary/aromatic N) is 2. The van der Waals surface area contributed by atoms with Crippen molar-refractivity contribution < 1.29 is 14.7 Å². The molecule has 0 saturated carbocycles. The summed E-state index contributed by atoms with van der Waals surface area (Å²) in [5.41, 5.74) is 2.25. The highest BCUT2D eigenvalue weighted by Crippen LogP contribution is 2.21. The summed E-state index contributed by atoms with van der Waals surface area (Å²) >= 11 is 1.16. The van der Waals surface area contributed by atoms with Crippen molar-refractivity contribution in [1.29, 1.82) is 0 Å². The number of rotatable bonds is 3. The minimum absolute atomic E-state index is 0.0137. The van der Waals surface area contributed by atoms with Crippen LogP contribution in [0.5, 0.6) is 0 Å². The monoisotopic (exact) mass is 277 g/mol. The Labute approximate surface area is 113 Å². The Hall–Kier alpha value is -2.15. The van der Waals surface area contributed by atoms with E-state index in [9.17, 15) is 9.59 Å². The van der Waals surface area contributed by atoms with Gasteiger partial charge in [-0.25, -0.2) is 14.8 Å². The second-order valence-electron chi connectivity index (χ2n) is 3.74. The summed E-state index contributed by atoms with van der Waals surface area (Å²) < 4.78 is 0. The van der Waals surface area contributed by atoms with Gasteiger partial charge in [0.05, 0.1) is 22.5 Å². The van der Waals surface area contributed by atoms with Crippen LogP contribution in [0.25, 0.3) is 11.0 Å². The molecule has 1 aromatic heterocycles. The van der Waals surface area contributed by atoms with Gasteiger partial charge in [-0.05, 0) is 19.1 Å². The fourth-order valence-corrected chi connectivity index (χ4v) is 2.26. The molecule has 0 aliphatic carbocycles. The first-order valence-electron chi connectivity index (χ1n) is 5.45. The zero-order valence-corrected chi connectivity index (χ0v) is 10.9. The molecule has 19 heavy (non-hydrogen) atoms. The minimum Gasteiger partial charge on any atom is -0.465 e. The molecule has 2 aromatic rings. The van der Waals surface area contributed by atoms with Gasteiger partial charge in [0.1, 0.15) is 5.03 Å². The molecule has 98 valence electrons. The fourth-order valence-electron chi connectivity index (χ4n) is 1.50. The zero-order valence-electron chi connectivity index (χ0n) is 10.1. The van der Waals surface area contributed by atoms with Crippen molar-refractivity contribution in [2.75, 3.05) is 5.75 Å². The number of carbonyl (C=O) groups is 2. The lowest BCUT2D eigenvalue weighted by molar-refractivity contribution is -0.117. The fraction of sp³-hybridized carbons (Fsp3) is 0.167. The third-order valence-corrected chi connectivity index (χ3v) is 3.35. The number of thioether (sulfide) groups is 1. The normalized spacial score (nSPS) is 10.4. The van der Waals surface area contributed by atoms with Crippen LogP contribution in [0.15, 0.2) is 29.3 Å². The molecule has 2 rings (SSSR count). The number of hydrogen-bond acceptors (Lipinski definition) is 5. The van der Waals surface area contributed by atoms with Gasteiger partial charge in [-0.2, -0.15) is 0 Å². The Bertz CT molecular complexity index is 645. The van der Waals surface area contributed by atoms with Gasteiger partial charge < -0.3 is 5.11 Å². The van der Waals surface area contributed by atoms with E-state index in [2.05, 4.69) is 9.97 Å². The average molecular weight is 277 g/mol. The van der Waals surface area contributed by atoms with Crippen LogP contribution in [-0.2, 0) is 4.79 Å². The van der Waals surface area contributed by atoms with Crippen LogP contribution in [-0.4, -0.2) is 32.8 Å². The molecule has 1 aromatic carbocycles. The van der Waals surface area contributed by atoms with Crippen molar-refractivity contribution >= 4 is 34.8 Å². The van der Waals surface area contributed by atoms with Crippen molar-refractivity contribution in [3.8, 4) is 0 Å². The molecular weight excluding hydrogens is 266 g/mol. The van der Waals surface area contributed by atoms with Crippen LogP contribution >= 0.6 is 11.8 Å². The van der Waals surface area contributed by atoms with Gasteiger partial charge >= 0.3 is 6.09 Å². The van der Waals surface area contributed by atoms with Crippen molar-refractivity contribution in [2.45, 2.75) is 11.9 Å². The van der Waals surface area contributed by atoms with E-state index in [1.807, 2.05) is 24.3 Å². The van der Waals surface area contributed by atoms with Gasteiger partial charge in [0, 0.05) is 0 Å². The average Bonchev–Trinajstić information content (AvgIpc) is 2.35. The molecule has 0 unspecified atom stereocenters. The summed E-state index contributed by atoms with van der Waals surface area (Å²) in [6.07, 6.45) is -1.35. The number of hydrogen-bond donors (Lipinski definition) is 2. The first-order valence-corrected chi connectivity index (χ1v) is 6.44. The number of carboxylic acid groups (broad SMARTS) is 1. The second kappa shape index (κ2) is 5.66. The minimum atomic E-state index is -1.35. The topological polar surface area (TPSA) is 92.2 Å². The Morgan fingerprint density at radius 1 is 1.26 bits per heavy atom. The summed E-state index contributed by atoms with van der Waals surface area (Å²) in [6.45, 7) is 1.80. The number of para-hydroxylation sites is 2. The Morgan fingerprint density at radius 3 is 2.53 bits per heavy atom. The molecule has 0 saturated heterocycles. The zero-order chi connectivity index (χ0) is 13.8. The quantitative estimate of drug-likeness (QED) is 0.831. The van der Waals surface area contributed by atoms with Crippen LogP contribution in [0.4, 0.5) is 4.79 Å². The third-order valence-electron chi connectivity index (χ3n) is 2.29. The molecule has 0 atom stereocenters. The summed E-state index contributed by atoms with van der Waals surface area (Å²) in [4.78, 5) is 30.3. The maximum absolute atomic E-state index is 11.2. The number of amides is 2. The highest BCUT2D eigenvalue weighted by molar-refractivity contribution is 7.99. The van der Waals surface area contributed by atoms with E-state index in [1.165, 1.54) is 0 Å². The van der Waals surface area contributed by atoms with Crippen LogP contribution in [0, 0.1) is 6.92 Å². The molecule has 1 heterocycles. The second-order valence-corrected chi connectivity index (χ2v) is 4.71. The van der Waals surface area contributed by atoms with Crippen LogP contribution < -0.4 is 5.32 Å². The van der Waals surface area contributed by atoms with E-state index < -0.39 is 12.0 Å². The highest BCUT2D eigenvalue weighted by Gasteiger charge is 2.10. The summed E-state index contributed by atoms with van der Waals surface area (Å²) in [6, 6.07) is 7.44. The molecule has 0 bridgehead atoms. The van der Waals surface area contributed by atoms with Crippen molar-refractivity contribution in [3.05, 3.63) is 30.0 Å². The highest BCUT2D eigenvalue weighted by atomic mass is 32.2. The first-order chi connectivity index (χ1) is 9.06. The SMILES string of the molecule is Cc1nc2ccccc2nc1SCC(=O)NC(=O)O. The number of benzene rings is 1. The van der Waals surface area contributed by atoms with E-state index in [0.717, 1.165) is 22.8 Å². The number of aromatic nitrogens is 2. The maximum Gasteiger partial charge on any atom is 0.411 e. The van der Waals surface area contributed by atoms with Crippen LogP contribution in [0.1, 0.15) is 5.69 Å². The summed E-state index contributed by atoms with van der Waals surface area (Å²) in [5, 5.41) is 10.8. The maximum atomic E-state index is 11.2. The molecule has 0 aliphatic rings. The lowest BCUT2D eigenvalue weighted by atomic mass is 10.3. The van der Waals surface area contributed by atoms with E-state index in [1.54, 1.807) is 12.2 Å². The number of imide groups is 1. The molecule has 0 aliphatic heterocycles. The lowest BCUT2D eigenvalue weighted by Gasteiger charge is -2.05. The van der Waals surface area contributed by atoms with Crippen molar-refractivity contribution in [2.24, 2.45) is 0 Å². The molecule has 0 spiro atoms. The summed E-state index contributed by atoms with van der Waals surface area (Å²) in [5.74, 6) is -0.591. The Morgan fingerprint density at radius 2 is 1.89 bits per heavy atom. The molecule has 0 radical (unpaired) electrons. The van der Waals surface area contributed by atoms with E-state index in [4.69, 9.17) is 5.11 Å². The molecule has 7 heteroatoms. The standard InChI is InChI=1S/C12H11N3O3S/c1-7-11(19-6-10(16)15-12(17)18)14-9-5-3-2-4-8(9)13-7/h2-5H,6H2,1H3,(H,15,16)(H,17,18). The van der Waals surface area contributed by atoms with Gasteiger partial charge in [0.2, 0.25) is 5.91 Å². The van der Waals surface area contributed by atoms with Crippen LogP contribution in [0.3, 0.4) is 0 Å². The molecular formula is C12H11N3O3S. The van der Waals surface area contributed by atoms with Gasteiger partial charge in [-0.15, -0.1) is 0 Å². The van der Waals surface area contributed by atoms with E-state index in [0.29, 0.717) is 10.7 Å². The first kappa shape index (κ1) is 13.3. The Balaban J connectivity index is 2.14. The van der Waals surface area contributed by atoms with Crippen molar-refractivity contribution in [1.82, 2.24) is 15.3 Å². The van der Waals surface area contributed by atoms with Crippen LogP contribution in [0.2, 0.25) is 0 Å². The van der Waals surface area contributed by atoms with Gasteiger partial charge in [-0.1, -0.05) is 23.9 Å². The molecule has 0 fully saturated rings. The number of nitrogens with one attached hydrogen (secondary N) is 1. The molecule has 6 nitrogen and oxygen atoms in total. The largest absolute Gasteiger partial charge is 0.465 e. The van der Waals surface area contributed by atoms with Gasteiger partial charge in [0.25, 0.3) is 0 Å². The van der Waals surface area contributed by atoms with E-state index in [-0.39, 0.29) is 5.75 Å². The van der Waals surface area contributed by atoms with Gasteiger partial charge in [-0.3, -0.25) is 10.1 Å². The van der Waals surface area contributed by atoms with Gasteiger partial charge in [0.15, 0.2) is 0 Å². The predicted molar refractivity (Wildman–Crippen MR) is 71.2 cm³/mol. The lowest BCUT2D eigenvalue weighted by Crippen LogP contribution is -2.30. The summed E-state index contributed by atoms with van der Waals surface area (Å²) in [7, 11) is 0. The number of carbonyl (C=O) groups excluding carboxylic acids is 1. The van der Waals surface area contributed by atoms with Crippen molar-refractivity contribution in [3.63, 3.8) is 0 Å². The number of aryl methyl sites for hydroxylation is 1.